The fourth-order valence-corrected chi connectivity index (χ4v) is 3.89. The van der Waals surface area contributed by atoms with Crippen LogP contribution in [0.25, 0.3) is 0 Å². The number of nitrogens with zero attached hydrogens (tertiary/aromatic N) is 3. The Morgan fingerprint density at radius 1 is 1.52 bits per heavy atom. The quantitative estimate of drug-likeness (QED) is 0.938. The topological polar surface area (TPSA) is 51.9 Å². The molecule has 1 fully saturated rings. The summed E-state index contributed by atoms with van der Waals surface area (Å²) >= 11 is 7.44. The van der Waals surface area contributed by atoms with Gasteiger partial charge in [0.15, 0.2) is 0 Å². The molecule has 0 saturated carbocycles. The first-order chi connectivity index (χ1) is 10.2. The van der Waals surface area contributed by atoms with Gasteiger partial charge in [-0.1, -0.05) is 11.6 Å². The predicted octanol–water partition coefficient (Wildman–Crippen LogP) is 2.29. The predicted molar refractivity (Wildman–Crippen MR) is 85.4 cm³/mol. The first-order valence-corrected chi connectivity index (χ1v) is 8.51. The highest BCUT2D eigenvalue weighted by Gasteiger charge is 2.23. The van der Waals surface area contributed by atoms with Crippen molar-refractivity contribution in [1.29, 1.82) is 0 Å². The molecule has 1 aliphatic rings. The van der Waals surface area contributed by atoms with Crippen molar-refractivity contribution in [3.05, 3.63) is 37.7 Å². The fraction of sp³-hybridized carbons (Fsp3) is 0.571. The van der Waals surface area contributed by atoms with Crippen molar-refractivity contribution in [3.8, 4) is 0 Å². The molecular weight excluding hydrogens is 308 g/mol. The van der Waals surface area contributed by atoms with Gasteiger partial charge in [0, 0.05) is 23.9 Å². The molecule has 1 saturated heterocycles. The number of halogens is 1. The molecule has 3 heterocycles. The van der Waals surface area contributed by atoms with Gasteiger partial charge in [0.2, 0.25) is 0 Å². The number of piperidine rings is 1. The number of thiophene rings is 1. The molecule has 0 bridgehead atoms. The third-order valence-electron chi connectivity index (χ3n) is 3.86. The SMILES string of the molecule is CCn1c(C2CCCNC2)nn(Cc2ccc(Cl)s2)c1=O. The van der Waals surface area contributed by atoms with Gasteiger partial charge in [0.05, 0.1) is 10.9 Å². The van der Waals surface area contributed by atoms with Gasteiger partial charge in [-0.3, -0.25) is 4.57 Å². The van der Waals surface area contributed by atoms with Gasteiger partial charge < -0.3 is 5.32 Å². The summed E-state index contributed by atoms with van der Waals surface area (Å²) in [6, 6.07) is 3.81. The summed E-state index contributed by atoms with van der Waals surface area (Å²) in [5.41, 5.74) is -0.0254. The van der Waals surface area contributed by atoms with E-state index < -0.39 is 0 Å². The normalized spacial score (nSPS) is 19.0. The summed E-state index contributed by atoms with van der Waals surface area (Å²) in [7, 11) is 0. The standard InChI is InChI=1S/C14H19ClN4OS/c1-2-18-13(10-4-3-7-16-8-10)17-19(14(18)20)9-11-5-6-12(15)21-11/h5-6,10,16H,2-4,7-9H2,1H3. The Labute approximate surface area is 132 Å². The van der Waals surface area contributed by atoms with Crippen LogP contribution >= 0.6 is 22.9 Å². The van der Waals surface area contributed by atoms with E-state index in [9.17, 15) is 4.79 Å². The molecule has 1 aliphatic heterocycles. The van der Waals surface area contributed by atoms with Crippen LogP contribution in [0.4, 0.5) is 0 Å². The van der Waals surface area contributed by atoms with E-state index in [4.69, 9.17) is 11.6 Å². The summed E-state index contributed by atoms with van der Waals surface area (Å²) in [6.45, 7) is 5.12. The van der Waals surface area contributed by atoms with Crippen molar-refractivity contribution in [3.63, 3.8) is 0 Å². The van der Waals surface area contributed by atoms with Crippen molar-refractivity contribution in [2.45, 2.75) is 38.8 Å². The highest BCUT2D eigenvalue weighted by Crippen LogP contribution is 2.23. The average Bonchev–Trinajstić information content (AvgIpc) is 3.04. The smallest absolute Gasteiger partial charge is 0.316 e. The molecule has 7 heteroatoms. The molecule has 0 radical (unpaired) electrons. The first kappa shape index (κ1) is 14.8. The fourth-order valence-electron chi connectivity index (χ4n) is 2.82. The van der Waals surface area contributed by atoms with Crippen molar-refractivity contribution in [1.82, 2.24) is 19.7 Å². The molecule has 0 aromatic carbocycles. The Bertz CT molecular complexity index is 669. The summed E-state index contributed by atoms with van der Waals surface area (Å²) in [4.78, 5) is 13.5. The van der Waals surface area contributed by atoms with Gasteiger partial charge in [-0.2, -0.15) is 5.10 Å². The molecule has 21 heavy (non-hydrogen) atoms. The Kier molecular flexibility index (Phi) is 4.47. The number of nitrogens with one attached hydrogen (secondary N) is 1. The molecule has 1 unspecified atom stereocenters. The van der Waals surface area contributed by atoms with Crippen LogP contribution < -0.4 is 11.0 Å². The Morgan fingerprint density at radius 2 is 2.38 bits per heavy atom. The zero-order valence-electron chi connectivity index (χ0n) is 12.0. The average molecular weight is 327 g/mol. The molecule has 2 aromatic rings. The van der Waals surface area contributed by atoms with Crippen molar-refractivity contribution in [2.75, 3.05) is 13.1 Å². The molecule has 3 rings (SSSR count). The highest BCUT2D eigenvalue weighted by atomic mass is 35.5. The number of rotatable bonds is 4. The Balaban J connectivity index is 1.90. The van der Waals surface area contributed by atoms with Crippen LogP contribution in [0.2, 0.25) is 4.34 Å². The van der Waals surface area contributed by atoms with Gasteiger partial charge in [0.1, 0.15) is 5.82 Å². The second kappa shape index (κ2) is 6.34. The maximum absolute atomic E-state index is 12.5. The van der Waals surface area contributed by atoms with Gasteiger partial charge in [-0.25, -0.2) is 9.48 Å². The van der Waals surface area contributed by atoms with E-state index in [0.29, 0.717) is 19.0 Å². The minimum absolute atomic E-state index is 0.0254. The molecule has 0 spiro atoms. The number of hydrogen-bond acceptors (Lipinski definition) is 4. The first-order valence-electron chi connectivity index (χ1n) is 7.31. The zero-order chi connectivity index (χ0) is 14.8. The van der Waals surface area contributed by atoms with E-state index in [1.165, 1.54) is 11.3 Å². The van der Waals surface area contributed by atoms with Crippen LogP contribution in [-0.2, 0) is 13.1 Å². The lowest BCUT2D eigenvalue weighted by atomic mass is 9.99. The second-order valence-corrected chi connectivity index (χ2v) is 7.09. The van der Waals surface area contributed by atoms with Gasteiger partial charge in [-0.05, 0) is 38.4 Å². The van der Waals surface area contributed by atoms with E-state index in [0.717, 1.165) is 41.0 Å². The largest absolute Gasteiger partial charge is 0.346 e. The van der Waals surface area contributed by atoms with Crippen LogP contribution in [0.15, 0.2) is 16.9 Å². The number of hydrogen-bond donors (Lipinski definition) is 1. The lowest BCUT2D eigenvalue weighted by Gasteiger charge is -2.21. The van der Waals surface area contributed by atoms with E-state index in [-0.39, 0.29) is 5.69 Å². The summed E-state index contributed by atoms with van der Waals surface area (Å²) < 4.78 is 4.10. The van der Waals surface area contributed by atoms with Crippen molar-refractivity contribution >= 4 is 22.9 Å². The minimum Gasteiger partial charge on any atom is -0.316 e. The van der Waals surface area contributed by atoms with E-state index in [1.807, 2.05) is 19.1 Å². The highest BCUT2D eigenvalue weighted by molar-refractivity contribution is 7.16. The van der Waals surface area contributed by atoms with Crippen molar-refractivity contribution < 1.29 is 0 Å². The van der Waals surface area contributed by atoms with Gasteiger partial charge in [-0.15, -0.1) is 11.3 Å². The molecule has 1 atom stereocenters. The monoisotopic (exact) mass is 326 g/mol. The van der Waals surface area contributed by atoms with Crippen LogP contribution in [0.1, 0.15) is 36.4 Å². The summed E-state index contributed by atoms with van der Waals surface area (Å²) in [6.07, 6.45) is 2.23. The molecule has 2 aromatic heterocycles. The lowest BCUT2D eigenvalue weighted by Crippen LogP contribution is -2.31. The third-order valence-corrected chi connectivity index (χ3v) is 5.08. The molecule has 5 nitrogen and oxygen atoms in total. The van der Waals surface area contributed by atoms with Crippen LogP contribution in [0, 0.1) is 0 Å². The lowest BCUT2D eigenvalue weighted by molar-refractivity contribution is 0.431. The second-order valence-electron chi connectivity index (χ2n) is 5.29. The van der Waals surface area contributed by atoms with E-state index >= 15 is 0 Å². The third kappa shape index (κ3) is 3.07. The van der Waals surface area contributed by atoms with Gasteiger partial charge >= 0.3 is 5.69 Å². The van der Waals surface area contributed by atoms with E-state index in [2.05, 4.69) is 10.4 Å². The van der Waals surface area contributed by atoms with Crippen molar-refractivity contribution in [2.24, 2.45) is 0 Å². The number of aromatic nitrogens is 3. The van der Waals surface area contributed by atoms with Gasteiger partial charge in [0.25, 0.3) is 0 Å². The summed E-state index contributed by atoms with van der Waals surface area (Å²) in [5.74, 6) is 1.25. The van der Waals surface area contributed by atoms with Crippen LogP contribution in [0.3, 0.4) is 0 Å². The van der Waals surface area contributed by atoms with E-state index in [1.54, 1.807) is 9.25 Å². The summed E-state index contributed by atoms with van der Waals surface area (Å²) in [5, 5.41) is 7.99. The molecule has 1 N–H and O–H groups in total. The molecule has 0 amide bonds. The molecule has 114 valence electrons. The Morgan fingerprint density at radius 3 is 3.00 bits per heavy atom. The maximum Gasteiger partial charge on any atom is 0.346 e. The zero-order valence-corrected chi connectivity index (χ0v) is 13.6. The molecule has 0 aliphatic carbocycles. The molecular formula is C14H19ClN4OS. The van der Waals surface area contributed by atoms with Crippen LogP contribution in [-0.4, -0.2) is 27.4 Å². The van der Waals surface area contributed by atoms with Crippen LogP contribution in [0.5, 0.6) is 0 Å². The minimum atomic E-state index is -0.0254. The Hall–Kier alpha value is -1.11. The maximum atomic E-state index is 12.5.